The van der Waals surface area contributed by atoms with Crippen molar-refractivity contribution < 1.29 is 47.4 Å². The minimum Gasteiger partial charge on any atom is -0.497 e. The average molecular weight is 672 g/mol. The summed E-state index contributed by atoms with van der Waals surface area (Å²) in [4.78, 5) is 79.1. The van der Waals surface area contributed by atoms with Gasteiger partial charge in [0.25, 0.3) is 5.91 Å². The molecule has 2 aliphatic rings. The molecule has 4 atom stereocenters. The zero-order valence-electron chi connectivity index (χ0n) is 26.4. The van der Waals surface area contributed by atoms with Crippen molar-refractivity contribution in [1.29, 1.82) is 0 Å². The van der Waals surface area contributed by atoms with Crippen molar-refractivity contribution in [2.24, 2.45) is 0 Å². The fraction of sp³-hybridized carbons (Fsp3) is 0.455. The van der Waals surface area contributed by atoms with Gasteiger partial charge in [-0.2, -0.15) is 0 Å². The van der Waals surface area contributed by atoms with Gasteiger partial charge in [0.1, 0.15) is 23.9 Å². The van der Waals surface area contributed by atoms with Crippen molar-refractivity contribution in [3.8, 4) is 5.75 Å². The van der Waals surface area contributed by atoms with Gasteiger partial charge in [-0.15, -0.1) is 0 Å². The number of carboxylic acid groups (broad SMARTS) is 1. The quantitative estimate of drug-likeness (QED) is 0.279. The van der Waals surface area contributed by atoms with Crippen LogP contribution in [0.3, 0.4) is 0 Å². The lowest BCUT2D eigenvalue weighted by Gasteiger charge is -2.29. The van der Waals surface area contributed by atoms with Crippen LogP contribution in [0.4, 0.5) is 8.78 Å². The van der Waals surface area contributed by atoms with Gasteiger partial charge in [0.05, 0.1) is 7.11 Å². The Bertz CT molecular complexity index is 1540. The minimum absolute atomic E-state index is 0.0458. The van der Waals surface area contributed by atoms with E-state index in [0.29, 0.717) is 25.0 Å². The van der Waals surface area contributed by atoms with E-state index < -0.39 is 71.3 Å². The second-order valence-corrected chi connectivity index (χ2v) is 11.8. The van der Waals surface area contributed by atoms with E-state index >= 15 is 0 Å². The first-order chi connectivity index (χ1) is 22.9. The van der Waals surface area contributed by atoms with E-state index in [0.717, 1.165) is 23.8 Å². The van der Waals surface area contributed by atoms with Crippen LogP contribution in [0.15, 0.2) is 42.5 Å². The SMILES string of the molecule is COc1cccc(CCC(=O)N[C@H]2CCCCNC(=O)CC[C@@H](C(=O)O)NC(=O)[C@@H]3C[C@@H](NC(=O)c4ccc(F)c(F)c4)CN3C2=O)c1. The van der Waals surface area contributed by atoms with Crippen molar-refractivity contribution >= 4 is 35.5 Å². The zero-order chi connectivity index (χ0) is 34.8. The number of halogens is 2. The molecule has 4 rings (SSSR count). The molecular formula is C33H39F2N5O8. The summed E-state index contributed by atoms with van der Waals surface area (Å²) in [6.07, 6.45) is 0.976. The number of nitrogens with one attached hydrogen (secondary N) is 4. The van der Waals surface area contributed by atoms with Crippen LogP contribution >= 0.6 is 0 Å². The lowest BCUT2D eigenvalue weighted by Crippen LogP contribution is -2.55. The number of hydrogen-bond acceptors (Lipinski definition) is 7. The molecule has 5 N–H and O–H groups in total. The Morgan fingerprint density at radius 3 is 2.54 bits per heavy atom. The van der Waals surface area contributed by atoms with Crippen LogP contribution < -0.4 is 26.0 Å². The summed E-state index contributed by atoms with van der Waals surface area (Å²) in [5.41, 5.74) is 0.664. The zero-order valence-corrected chi connectivity index (χ0v) is 26.4. The number of fused-ring (bicyclic) bond motifs is 1. The molecule has 0 saturated carbocycles. The van der Waals surface area contributed by atoms with E-state index in [1.807, 2.05) is 6.07 Å². The Balaban J connectivity index is 1.56. The Morgan fingerprint density at radius 1 is 1.02 bits per heavy atom. The van der Waals surface area contributed by atoms with Crippen LogP contribution in [0, 0.1) is 11.6 Å². The number of carbonyl (C=O) groups is 6. The predicted octanol–water partition coefficient (Wildman–Crippen LogP) is 1.44. The van der Waals surface area contributed by atoms with Gasteiger partial charge in [-0.05, 0) is 74.4 Å². The number of amides is 5. The molecule has 2 fully saturated rings. The van der Waals surface area contributed by atoms with Gasteiger partial charge in [-0.1, -0.05) is 12.1 Å². The molecule has 2 saturated heterocycles. The molecule has 2 aromatic rings. The largest absolute Gasteiger partial charge is 0.497 e. The molecule has 2 heterocycles. The molecule has 13 nitrogen and oxygen atoms in total. The molecule has 48 heavy (non-hydrogen) atoms. The van der Waals surface area contributed by atoms with Gasteiger partial charge in [-0.3, -0.25) is 24.0 Å². The topological polar surface area (TPSA) is 183 Å². The molecule has 2 aliphatic heterocycles. The third-order valence-electron chi connectivity index (χ3n) is 8.33. The van der Waals surface area contributed by atoms with Crippen LogP contribution in [-0.4, -0.2) is 89.9 Å². The van der Waals surface area contributed by atoms with Crippen LogP contribution in [0.1, 0.15) is 60.9 Å². The summed E-state index contributed by atoms with van der Waals surface area (Å²) >= 11 is 0. The summed E-state index contributed by atoms with van der Waals surface area (Å²) in [7, 11) is 1.53. The lowest BCUT2D eigenvalue weighted by atomic mass is 10.1. The van der Waals surface area contributed by atoms with Crippen molar-refractivity contribution in [1.82, 2.24) is 26.2 Å². The van der Waals surface area contributed by atoms with Crippen molar-refractivity contribution in [3.63, 3.8) is 0 Å². The maximum absolute atomic E-state index is 14.1. The predicted molar refractivity (Wildman–Crippen MR) is 167 cm³/mol. The van der Waals surface area contributed by atoms with Crippen LogP contribution in [0.2, 0.25) is 0 Å². The normalized spacial score (nSPS) is 22.3. The highest BCUT2D eigenvalue weighted by atomic mass is 19.2. The van der Waals surface area contributed by atoms with Crippen molar-refractivity contribution in [3.05, 3.63) is 65.2 Å². The van der Waals surface area contributed by atoms with Gasteiger partial charge < -0.3 is 36.0 Å². The molecule has 0 unspecified atom stereocenters. The van der Waals surface area contributed by atoms with E-state index in [4.69, 9.17) is 4.74 Å². The highest BCUT2D eigenvalue weighted by Crippen LogP contribution is 2.23. The van der Waals surface area contributed by atoms with Crippen molar-refractivity contribution in [2.45, 2.75) is 75.5 Å². The standard InChI is InChI=1S/C33H39F2N5O8/c1-48-22-6-4-5-19(15-22)8-12-29(42)38-25-7-2-3-14-36-28(41)13-11-26(33(46)47)39-31(44)27-17-21(18-40(27)32(25)45)37-30(43)20-9-10-23(34)24(35)16-20/h4-6,9-10,15-16,21,25-27H,2-3,7-8,11-14,17-18H2,1H3,(H,36,41)(H,37,43)(H,38,42)(H,39,44)(H,46,47)/t21-,25+,26+,27+/m1/s1. The lowest BCUT2D eigenvalue weighted by molar-refractivity contribution is -0.145. The number of methoxy groups -OCH3 is 1. The highest BCUT2D eigenvalue weighted by molar-refractivity contribution is 5.96. The number of rotatable bonds is 8. The van der Waals surface area contributed by atoms with E-state index in [1.165, 1.54) is 12.0 Å². The Morgan fingerprint density at radius 2 is 1.81 bits per heavy atom. The van der Waals surface area contributed by atoms with E-state index in [9.17, 15) is 42.7 Å². The van der Waals surface area contributed by atoms with E-state index in [2.05, 4.69) is 21.3 Å². The summed E-state index contributed by atoms with van der Waals surface area (Å²) in [5.74, 6) is -6.13. The molecule has 0 aromatic heterocycles. The summed E-state index contributed by atoms with van der Waals surface area (Å²) in [6, 6.07) is 5.23. The Labute approximate surface area is 275 Å². The van der Waals surface area contributed by atoms with Gasteiger partial charge in [0.15, 0.2) is 11.6 Å². The number of ether oxygens (including phenoxy) is 1. The van der Waals surface area contributed by atoms with Gasteiger partial charge in [0, 0.05) is 37.5 Å². The molecule has 0 radical (unpaired) electrons. The molecule has 2 aromatic carbocycles. The first-order valence-electron chi connectivity index (χ1n) is 15.7. The second-order valence-electron chi connectivity index (χ2n) is 11.8. The second kappa shape index (κ2) is 16.7. The van der Waals surface area contributed by atoms with Gasteiger partial charge >= 0.3 is 5.97 Å². The third-order valence-corrected chi connectivity index (χ3v) is 8.33. The Kier molecular flexibility index (Phi) is 12.4. The molecule has 15 heteroatoms. The first-order valence-corrected chi connectivity index (χ1v) is 15.7. The number of aryl methyl sites for hydroxylation is 1. The summed E-state index contributed by atoms with van der Waals surface area (Å²) in [5, 5.41) is 20.3. The van der Waals surface area contributed by atoms with Crippen LogP contribution in [-0.2, 0) is 30.4 Å². The molecule has 0 bridgehead atoms. The van der Waals surface area contributed by atoms with Crippen molar-refractivity contribution in [2.75, 3.05) is 20.2 Å². The number of carboxylic acids is 1. The molecule has 258 valence electrons. The number of hydrogen-bond donors (Lipinski definition) is 5. The number of carbonyl (C=O) groups excluding carboxylic acids is 5. The van der Waals surface area contributed by atoms with Crippen LogP contribution in [0.25, 0.3) is 0 Å². The monoisotopic (exact) mass is 671 g/mol. The Hall–Kier alpha value is -5.08. The fourth-order valence-corrected chi connectivity index (χ4v) is 5.74. The smallest absolute Gasteiger partial charge is 0.326 e. The van der Waals surface area contributed by atoms with E-state index in [1.54, 1.807) is 18.2 Å². The number of aliphatic carboxylic acids is 1. The fourth-order valence-electron chi connectivity index (χ4n) is 5.74. The molecule has 0 aliphatic carbocycles. The highest BCUT2D eigenvalue weighted by Gasteiger charge is 2.43. The maximum Gasteiger partial charge on any atom is 0.326 e. The number of benzene rings is 2. The summed E-state index contributed by atoms with van der Waals surface area (Å²) < 4.78 is 32.5. The van der Waals surface area contributed by atoms with Crippen LogP contribution in [0.5, 0.6) is 5.75 Å². The third kappa shape index (κ3) is 9.72. The molecular weight excluding hydrogens is 632 g/mol. The summed E-state index contributed by atoms with van der Waals surface area (Å²) in [6.45, 7) is 0.0817. The number of nitrogens with zero attached hydrogens (tertiary/aromatic N) is 1. The average Bonchev–Trinajstić information content (AvgIpc) is 3.49. The molecule has 0 spiro atoms. The van der Waals surface area contributed by atoms with E-state index in [-0.39, 0.29) is 50.8 Å². The maximum atomic E-state index is 14.1. The van der Waals surface area contributed by atoms with Gasteiger partial charge in [-0.25, -0.2) is 13.6 Å². The van der Waals surface area contributed by atoms with Gasteiger partial charge in [0.2, 0.25) is 23.6 Å². The molecule has 5 amide bonds. The minimum atomic E-state index is -1.44. The first kappa shape index (κ1) is 35.8.